The Morgan fingerprint density at radius 1 is 1.36 bits per heavy atom. The lowest BCUT2D eigenvalue weighted by Gasteiger charge is -2.10. The Hall–Kier alpha value is -2.65. The van der Waals surface area contributed by atoms with Gasteiger partial charge in [0.15, 0.2) is 5.71 Å². The number of ether oxygens (including phenoxy) is 1. The van der Waals surface area contributed by atoms with Crippen LogP contribution in [0.15, 0.2) is 29.4 Å². The number of carbonyl (C=O) groups excluding carboxylic acids is 1. The molecule has 0 spiro atoms. The van der Waals surface area contributed by atoms with Gasteiger partial charge in [-0.1, -0.05) is 0 Å². The third kappa shape index (κ3) is 5.38. The third-order valence-corrected chi connectivity index (χ3v) is 2.34. The van der Waals surface area contributed by atoms with Crippen molar-refractivity contribution in [2.24, 2.45) is 5.10 Å². The molecule has 10 heteroatoms. The number of nitro groups is 1. The zero-order chi connectivity index (χ0) is 16.8. The van der Waals surface area contributed by atoms with E-state index in [0.29, 0.717) is 0 Å². The van der Waals surface area contributed by atoms with Crippen LogP contribution in [0.1, 0.15) is 13.3 Å². The number of esters is 1. The number of benzene rings is 1. The fourth-order valence-corrected chi connectivity index (χ4v) is 1.34. The predicted octanol–water partition coefficient (Wildman–Crippen LogP) is 2.88. The first-order valence-electron chi connectivity index (χ1n) is 6.04. The number of hydrazone groups is 1. The Bertz CT molecular complexity index is 570. The van der Waals surface area contributed by atoms with Gasteiger partial charge in [0.25, 0.3) is 5.69 Å². The van der Waals surface area contributed by atoms with Crippen molar-refractivity contribution < 1.29 is 27.6 Å². The Balaban J connectivity index is 2.84. The molecule has 0 bridgehead atoms. The Morgan fingerprint density at radius 3 is 2.41 bits per heavy atom. The molecule has 0 aliphatic carbocycles. The van der Waals surface area contributed by atoms with Crippen molar-refractivity contribution in [2.75, 3.05) is 12.0 Å². The summed E-state index contributed by atoms with van der Waals surface area (Å²) in [6, 6.07) is 4.60. The van der Waals surface area contributed by atoms with Crippen LogP contribution in [0.25, 0.3) is 0 Å². The molecule has 1 aromatic rings. The van der Waals surface area contributed by atoms with Crippen LogP contribution in [0.5, 0.6) is 0 Å². The summed E-state index contributed by atoms with van der Waals surface area (Å²) in [6.07, 6.45) is -5.84. The van der Waals surface area contributed by atoms with Gasteiger partial charge in [-0.05, 0) is 19.1 Å². The largest absolute Gasteiger partial charge is 0.466 e. The summed E-state index contributed by atoms with van der Waals surface area (Å²) in [4.78, 5) is 20.9. The van der Waals surface area contributed by atoms with Gasteiger partial charge in [0.05, 0.1) is 23.6 Å². The van der Waals surface area contributed by atoms with Gasteiger partial charge >= 0.3 is 12.1 Å². The Labute approximate surface area is 122 Å². The van der Waals surface area contributed by atoms with Crippen molar-refractivity contribution in [1.82, 2.24) is 0 Å². The van der Waals surface area contributed by atoms with E-state index in [0.717, 1.165) is 12.1 Å². The number of hydrogen-bond acceptors (Lipinski definition) is 6. The molecule has 1 aromatic carbocycles. The molecule has 7 nitrogen and oxygen atoms in total. The van der Waals surface area contributed by atoms with Crippen LogP contribution in [0.2, 0.25) is 0 Å². The summed E-state index contributed by atoms with van der Waals surface area (Å²) in [6.45, 7) is 1.43. The molecular formula is C12H12F3N3O4. The van der Waals surface area contributed by atoms with Gasteiger partial charge in [-0.15, -0.1) is 0 Å². The molecule has 22 heavy (non-hydrogen) atoms. The Morgan fingerprint density at radius 2 is 1.95 bits per heavy atom. The summed E-state index contributed by atoms with van der Waals surface area (Å²) in [5.41, 5.74) is 0.642. The average molecular weight is 319 g/mol. The standard InChI is InChI=1S/C12H12F3N3O4/c1-2-22-11(19)7-10(12(13,14)15)17-16-8-3-5-9(6-4-8)18(20)21/h3-6,16H,2,7H2,1H3/b17-10+. The zero-order valence-electron chi connectivity index (χ0n) is 11.4. The normalized spacial score (nSPS) is 11.9. The molecule has 0 aliphatic rings. The molecule has 1 N–H and O–H groups in total. The number of non-ortho nitro benzene ring substituents is 1. The second-order valence-electron chi connectivity index (χ2n) is 3.95. The van der Waals surface area contributed by atoms with Crippen LogP contribution in [0, 0.1) is 10.1 Å². The lowest BCUT2D eigenvalue weighted by Crippen LogP contribution is -2.27. The molecule has 0 saturated carbocycles. The van der Waals surface area contributed by atoms with E-state index >= 15 is 0 Å². The molecule has 0 fully saturated rings. The smallest absolute Gasteiger partial charge is 0.431 e. The molecule has 0 heterocycles. The SMILES string of the molecule is CCOC(=O)C/C(=N\Nc1ccc([N+](=O)[O-])cc1)C(F)(F)F. The topological polar surface area (TPSA) is 93.8 Å². The van der Waals surface area contributed by atoms with E-state index < -0.39 is 29.2 Å². The molecule has 0 unspecified atom stereocenters. The van der Waals surface area contributed by atoms with Crippen molar-refractivity contribution in [3.63, 3.8) is 0 Å². The highest BCUT2D eigenvalue weighted by Gasteiger charge is 2.37. The minimum absolute atomic E-state index is 0.0419. The number of anilines is 1. The molecule has 0 aliphatic heterocycles. The highest BCUT2D eigenvalue weighted by molar-refractivity contribution is 6.02. The van der Waals surface area contributed by atoms with E-state index in [1.54, 1.807) is 0 Å². The summed E-state index contributed by atoms with van der Waals surface area (Å²) < 4.78 is 42.6. The first-order chi connectivity index (χ1) is 10.2. The third-order valence-electron chi connectivity index (χ3n) is 2.34. The molecule has 0 saturated heterocycles. The van der Waals surface area contributed by atoms with Crippen LogP contribution in [0.4, 0.5) is 24.5 Å². The Kier molecular flexibility index (Phi) is 5.84. The van der Waals surface area contributed by atoms with E-state index in [-0.39, 0.29) is 18.0 Å². The van der Waals surface area contributed by atoms with E-state index in [4.69, 9.17) is 0 Å². The number of nitrogens with one attached hydrogen (secondary N) is 1. The maximum Gasteiger partial charge on any atom is 0.431 e. The quantitative estimate of drug-likeness (QED) is 0.376. The van der Waals surface area contributed by atoms with Crippen molar-refractivity contribution >= 4 is 23.1 Å². The summed E-state index contributed by atoms with van der Waals surface area (Å²) >= 11 is 0. The molecular weight excluding hydrogens is 307 g/mol. The zero-order valence-corrected chi connectivity index (χ0v) is 11.4. The summed E-state index contributed by atoms with van der Waals surface area (Å²) in [5.74, 6) is -1.05. The van der Waals surface area contributed by atoms with E-state index in [2.05, 4.69) is 15.3 Å². The number of rotatable bonds is 6. The molecule has 0 atom stereocenters. The number of carbonyl (C=O) groups is 1. The maximum absolute atomic E-state index is 12.7. The van der Waals surface area contributed by atoms with Crippen molar-refractivity contribution in [3.05, 3.63) is 34.4 Å². The summed E-state index contributed by atoms with van der Waals surface area (Å²) in [7, 11) is 0. The van der Waals surface area contributed by atoms with Crippen LogP contribution in [-0.2, 0) is 9.53 Å². The van der Waals surface area contributed by atoms with Gasteiger partial charge in [0, 0.05) is 12.1 Å². The summed E-state index contributed by atoms with van der Waals surface area (Å²) in [5, 5.41) is 13.6. The lowest BCUT2D eigenvalue weighted by atomic mass is 10.2. The van der Waals surface area contributed by atoms with E-state index in [1.807, 2.05) is 0 Å². The fourth-order valence-electron chi connectivity index (χ4n) is 1.34. The first kappa shape index (κ1) is 17.4. The minimum atomic E-state index is -4.81. The van der Waals surface area contributed by atoms with E-state index in [1.165, 1.54) is 19.1 Å². The van der Waals surface area contributed by atoms with Gasteiger partial charge in [-0.3, -0.25) is 20.3 Å². The number of alkyl halides is 3. The predicted molar refractivity (Wildman–Crippen MR) is 71.5 cm³/mol. The maximum atomic E-state index is 12.7. The monoisotopic (exact) mass is 319 g/mol. The van der Waals surface area contributed by atoms with Crippen molar-refractivity contribution in [1.29, 1.82) is 0 Å². The minimum Gasteiger partial charge on any atom is -0.466 e. The molecule has 0 amide bonds. The average Bonchev–Trinajstić information content (AvgIpc) is 2.43. The first-order valence-corrected chi connectivity index (χ1v) is 6.04. The van der Waals surface area contributed by atoms with Gasteiger partial charge in [-0.25, -0.2) is 0 Å². The number of nitrogens with zero attached hydrogens (tertiary/aromatic N) is 2. The van der Waals surface area contributed by atoms with Crippen LogP contribution >= 0.6 is 0 Å². The fraction of sp³-hybridized carbons (Fsp3) is 0.333. The van der Waals surface area contributed by atoms with Gasteiger partial charge in [0.1, 0.15) is 0 Å². The van der Waals surface area contributed by atoms with Gasteiger partial charge in [0.2, 0.25) is 0 Å². The number of hydrogen-bond donors (Lipinski definition) is 1. The van der Waals surface area contributed by atoms with Crippen LogP contribution in [-0.4, -0.2) is 29.4 Å². The van der Waals surface area contributed by atoms with Crippen LogP contribution < -0.4 is 5.43 Å². The lowest BCUT2D eigenvalue weighted by molar-refractivity contribution is -0.384. The second kappa shape index (κ2) is 7.38. The molecule has 0 radical (unpaired) electrons. The van der Waals surface area contributed by atoms with E-state index in [9.17, 15) is 28.1 Å². The molecule has 120 valence electrons. The van der Waals surface area contributed by atoms with Gasteiger partial charge in [-0.2, -0.15) is 18.3 Å². The van der Waals surface area contributed by atoms with Crippen molar-refractivity contribution in [3.8, 4) is 0 Å². The number of halogens is 3. The molecule has 0 aromatic heterocycles. The highest BCUT2D eigenvalue weighted by atomic mass is 19.4. The second-order valence-corrected chi connectivity index (χ2v) is 3.95. The van der Waals surface area contributed by atoms with Crippen LogP contribution in [0.3, 0.4) is 0 Å². The number of nitro benzene ring substituents is 1. The highest BCUT2D eigenvalue weighted by Crippen LogP contribution is 2.21. The molecule has 1 rings (SSSR count). The van der Waals surface area contributed by atoms with Gasteiger partial charge < -0.3 is 4.74 Å². The van der Waals surface area contributed by atoms with Crippen molar-refractivity contribution in [2.45, 2.75) is 19.5 Å².